The van der Waals surface area contributed by atoms with E-state index >= 15 is 0 Å². The first kappa shape index (κ1) is 16.5. The molecular weight excluding hydrogens is 283 g/mol. The highest BCUT2D eigenvalue weighted by Crippen LogP contribution is 2.18. The van der Waals surface area contributed by atoms with E-state index in [1.807, 2.05) is 0 Å². The molecule has 4 nitrogen and oxygen atoms in total. The molecule has 1 aromatic rings. The average Bonchev–Trinajstić information content (AvgIpc) is 2.88. The van der Waals surface area contributed by atoms with Crippen molar-refractivity contribution < 1.29 is 14.0 Å². The quantitative estimate of drug-likeness (QED) is 0.839. The van der Waals surface area contributed by atoms with E-state index in [0.29, 0.717) is 25.1 Å². The van der Waals surface area contributed by atoms with Crippen molar-refractivity contribution in [3.8, 4) is 0 Å². The summed E-state index contributed by atoms with van der Waals surface area (Å²) < 4.78 is 13.5. The Morgan fingerprint density at radius 2 is 2.18 bits per heavy atom. The first-order valence-electron chi connectivity index (χ1n) is 7.90. The predicted molar refractivity (Wildman–Crippen MR) is 82.7 cm³/mol. The molecule has 1 N–H and O–H groups in total. The molecule has 0 saturated carbocycles. The molecule has 1 unspecified atom stereocenters. The lowest BCUT2D eigenvalue weighted by Gasteiger charge is -2.16. The lowest BCUT2D eigenvalue weighted by Crippen LogP contribution is -2.34. The van der Waals surface area contributed by atoms with Crippen LogP contribution in [0, 0.1) is 11.7 Å². The van der Waals surface area contributed by atoms with Gasteiger partial charge in [0.2, 0.25) is 11.8 Å². The number of likely N-dealkylation sites (tertiary alicyclic amines) is 1. The van der Waals surface area contributed by atoms with Gasteiger partial charge in [-0.2, -0.15) is 0 Å². The van der Waals surface area contributed by atoms with Crippen LogP contribution in [-0.2, 0) is 16.0 Å². The van der Waals surface area contributed by atoms with Crippen molar-refractivity contribution >= 4 is 11.8 Å². The number of benzene rings is 1. The van der Waals surface area contributed by atoms with Crippen LogP contribution in [0.4, 0.5) is 4.39 Å². The maximum Gasteiger partial charge on any atom is 0.225 e. The summed E-state index contributed by atoms with van der Waals surface area (Å²) in [6.07, 6.45) is 2.74. The number of nitrogens with one attached hydrogen (secondary N) is 1. The number of hydrogen-bond acceptors (Lipinski definition) is 2. The number of amides is 2. The van der Waals surface area contributed by atoms with Crippen LogP contribution in [-0.4, -0.2) is 36.3 Å². The summed E-state index contributed by atoms with van der Waals surface area (Å²) in [5.74, 6) is -0.574. The zero-order chi connectivity index (χ0) is 15.9. The Morgan fingerprint density at radius 1 is 1.41 bits per heavy atom. The number of hydrogen-bond donors (Lipinski definition) is 1. The number of nitrogens with zero attached hydrogens (tertiary/aromatic N) is 1. The van der Waals surface area contributed by atoms with Gasteiger partial charge in [-0.15, -0.1) is 0 Å². The summed E-state index contributed by atoms with van der Waals surface area (Å²) in [6, 6.07) is 6.55. The molecule has 22 heavy (non-hydrogen) atoms. The molecule has 0 aromatic heterocycles. The molecule has 1 aromatic carbocycles. The predicted octanol–water partition coefficient (Wildman–Crippen LogP) is 2.13. The van der Waals surface area contributed by atoms with Crippen molar-refractivity contribution in [2.24, 2.45) is 5.92 Å². The fourth-order valence-electron chi connectivity index (χ4n) is 2.68. The van der Waals surface area contributed by atoms with Crippen molar-refractivity contribution in [3.05, 3.63) is 35.6 Å². The van der Waals surface area contributed by atoms with Crippen LogP contribution in [0.2, 0.25) is 0 Å². The van der Waals surface area contributed by atoms with Crippen molar-refractivity contribution in [3.63, 3.8) is 0 Å². The van der Waals surface area contributed by atoms with Gasteiger partial charge in [0, 0.05) is 26.1 Å². The second-order valence-corrected chi connectivity index (χ2v) is 5.73. The lowest BCUT2D eigenvalue weighted by atomic mass is 10.1. The second-order valence-electron chi connectivity index (χ2n) is 5.73. The minimum absolute atomic E-state index is 0.0581. The first-order chi connectivity index (χ1) is 10.6. The van der Waals surface area contributed by atoms with Crippen LogP contribution in [0.5, 0.6) is 0 Å². The smallest absolute Gasteiger partial charge is 0.225 e. The van der Waals surface area contributed by atoms with Crippen LogP contribution in [0.25, 0.3) is 0 Å². The van der Waals surface area contributed by atoms with E-state index in [0.717, 1.165) is 19.4 Å². The minimum atomic E-state index is -0.273. The molecule has 1 aliphatic rings. The van der Waals surface area contributed by atoms with E-state index in [1.54, 1.807) is 23.1 Å². The van der Waals surface area contributed by atoms with Crippen LogP contribution in [0.1, 0.15) is 31.7 Å². The average molecular weight is 306 g/mol. The topological polar surface area (TPSA) is 49.4 Å². The third-order valence-corrected chi connectivity index (χ3v) is 4.02. The number of rotatable bonds is 7. The summed E-state index contributed by atoms with van der Waals surface area (Å²) in [6.45, 7) is 3.70. The molecule has 1 fully saturated rings. The van der Waals surface area contributed by atoms with Crippen molar-refractivity contribution in [2.45, 2.75) is 32.6 Å². The molecular formula is C17H23FN2O2. The van der Waals surface area contributed by atoms with E-state index in [4.69, 9.17) is 0 Å². The second kappa shape index (κ2) is 7.92. The summed E-state index contributed by atoms with van der Waals surface area (Å²) in [5.41, 5.74) is 0.592. The highest BCUT2D eigenvalue weighted by atomic mass is 19.1. The summed E-state index contributed by atoms with van der Waals surface area (Å²) in [7, 11) is 0. The normalized spacial score (nSPS) is 17.8. The van der Waals surface area contributed by atoms with Crippen LogP contribution < -0.4 is 5.32 Å². The van der Waals surface area contributed by atoms with Crippen LogP contribution in [0.3, 0.4) is 0 Å². The van der Waals surface area contributed by atoms with Crippen molar-refractivity contribution in [2.75, 3.05) is 19.6 Å². The molecule has 1 aliphatic heterocycles. The zero-order valence-corrected chi connectivity index (χ0v) is 13.0. The Kier molecular flexibility index (Phi) is 5.92. The standard InChI is InChI=1S/C17H23FN2O2/c1-2-3-10-20-12-14(11-16(20)21)17(22)19-9-8-13-6-4-5-7-15(13)18/h4-7,14H,2-3,8-12H2,1H3,(H,19,22). The molecule has 1 atom stereocenters. The minimum Gasteiger partial charge on any atom is -0.355 e. The Bertz CT molecular complexity index is 533. The van der Waals surface area contributed by atoms with Gasteiger partial charge in [0.05, 0.1) is 5.92 Å². The summed E-state index contributed by atoms with van der Waals surface area (Å²) in [5, 5.41) is 2.81. The third kappa shape index (κ3) is 4.29. The van der Waals surface area contributed by atoms with E-state index in [2.05, 4.69) is 12.2 Å². The van der Waals surface area contributed by atoms with E-state index < -0.39 is 0 Å². The maximum absolute atomic E-state index is 13.5. The summed E-state index contributed by atoms with van der Waals surface area (Å²) >= 11 is 0. The Hall–Kier alpha value is -1.91. The van der Waals surface area contributed by atoms with Crippen molar-refractivity contribution in [1.29, 1.82) is 0 Å². The number of carbonyl (C=O) groups is 2. The van der Waals surface area contributed by atoms with Gasteiger partial charge < -0.3 is 10.2 Å². The number of halogens is 1. The Balaban J connectivity index is 1.76. The fraction of sp³-hybridized carbons (Fsp3) is 0.529. The molecule has 1 heterocycles. The SMILES string of the molecule is CCCCN1CC(C(=O)NCCc2ccccc2F)CC1=O. The third-order valence-electron chi connectivity index (χ3n) is 4.02. The first-order valence-corrected chi connectivity index (χ1v) is 7.90. The van der Waals surface area contributed by atoms with Crippen LogP contribution >= 0.6 is 0 Å². The fourth-order valence-corrected chi connectivity index (χ4v) is 2.68. The van der Waals surface area contributed by atoms with Gasteiger partial charge in [-0.25, -0.2) is 4.39 Å². The summed E-state index contributed by atoms with van der Waals surface area (Å²) in [4.78, 5) is 25.7. The Morgan fingerprint density at radius 3 is 2.91 bits per heavy atom. The van der Waals surface area contributed by atoms with Gasteiger partial charge in [-0.1, -0.05) is 31.5 Å². The molecule has 2 amide bonds. The van der Waals surface area contributed by atoms with E-state index in [9.17, 15) is 14.0 Å². The van der Waals surface area contributed by atoms with Gasteiger partial charge in [-0.05, 0) is 24.5 Å². The van der Waals surface area contributed by atoms with Gasteiger partial charge in [-0.3, -0.25) is 9.59 Å². The van der Waals surface area contributed by atoms with E-state index in [1.165, 1.54) is 6.07 Å². The number of carbonyl (C=O) groups excluding carboxylic acids is 2. The molecule has 0 bridgehead atoms. The molecule has 5 heteroatoms. The van der Waals surface area contributed by atoms with Crippen LogP contribution in [0.15, 0.2) is 24.3 Å². The monoisotopic (exact) mass is 306 g/mol. The number of unbranched alkanes of at least 4 members (excludes halogenated alkanes) is 1. The van der Waals surface area contributed by atoms with Gasteiger partial charge in [0.15, 0.2) is 0 Å². The van der Waals surface area contributed by atoms with Gasteiger partial charge in [0.25, 0.3) is 0 Å². The van der Waals surface area contributed by atoms with Gasteiger partial charge >= 0.3 is 0 Å². The molecule has 2 rings (SSSR count). The highest BCUT2D eigenvalue weighted by Gasteiger charge is 2.33. The maximum atomic E-state index is 13.5. The molecule has 0 radical (unpaired) electrons. The lowest BCUT2D eigenvalue weighted by molar-refractivity contribution is -0.129. The Labute approximate surface area is 130 Å². The van der Waals surface area contributed by atoms with Gasteiger partial charge in [0.1, 0.15) is 5.82 Å². The van der Waals surface area contributed by atoms with E-state index in [-0.39, 0.29) is 30.0 Å². The molecule has 1 saturated heterocycles. The highest BCUT2D eigenvalue weighted by molar-refractivity contribution is 5.89. The molecule has 120 valence electrons. The zero-order valence-electron chi connectivity index (χ0n) is 13.0. The molecule has 0 spiro atoms. The van der Waals surface area contributed by atoms with Crippen molar-refractivity contribution in [1.82, 2.24) is 10.2 Å². The largest absolute Gasteiger partial charge is 0.355 e. The molecule has 0 aliphatic carbocycles.